The molecular weight excluding hydrogens is 414 g/mol. The minimum Gasteiger partial charge on any atom is -0.493 e. The average molecular weight is 436 g/mol. The summed E-state index contributed by atoms with van der Waals surface area (Å²) in [5.74, 6) is 1.04. The van der Waals surface area contributed by atoms with Crippen molar-refractivity contribution in [3.63, 3.8) is 0 Å². The third-order valence-corrected chi connectivity index (χ3v) is 5.96. The number of methoxy groups -OCH3 is 3. The number of fused-ring (bicyclic) bond motifs is 1. The van der Waals surface area contributed by atoms with Crippen LogP contribution in [-0.2, 0) is 11.3 Å². The number of nitrogens with zero attached hydrogens (tertiary/aromatic N) is 1. The van der Waals surface area contributed by atoms with Gasteiger partial charge in [0.15, 0.2) is 11.5 Å². The molecule has 7 heteroatoms. The number of rotatable bonds is 6. The van der Waals surface area contributed by atoms with Crippen LogP contribution in [0.3, 0.4) is 0 Å². The molecule has 0 aliphatic carbocycles. The lowest BCUT2D eigenvalue weighted by Crippen LogP contribution is -2.27. The first-order valence-electron chi connectivity index (χ1n) is 9.57. The van der Waals surface area contributed by atoms with E-state index in [-0.39, 0.29) is 17.7 Å². The topological polar surface area (TPSA) is 65.1 Å². The predicted octanol–water partition coefficient (Wildman–Crippen LogP) is 5.10. The number of carbonyl (C=O) groups excluding carboxylic acids is 2. The Morgan fingerprint density at radius 1 is 0.871 bits per heavy atom. The van der Waals surface area contributed by atoms with E-state index in [0.29, 0.717) is 27.7 Å². The number of amides is 2. The summed E-state index contributed by atoms with van der Waals surface area (Å²) in [7, 11) is 4.57. The molecule has 4 rings (SSSR count). The zero-order chi connectivity index (χ0) is 22.0. The van der Waals surface area contributed by atoms with E-state index in [4.69, 9.17) is 14.2 Å². The van der Waals surface area contributed by atoms with E-state index in [0.717, 1.165) is 28.1 Å². The molecule has 2 amide bonds. The van der Waals surface area contributed by atoms with Crippen molar-refractivity contribution in [3.8, 4) is 17.2 Å². The molecule has 6 nitrogen and oxygen atoms in total. The van der Waals surface area contributed by atoms with E-state index in [2.05, 4.69) is 0 Å². The van der Waals surface area contributed by atoms with Gasteiger partial charge in [-0.25, -0.2) is 0 Å². The summed E-state index contributed by atoms with van der Waals surface area (Å²) in [5.41, 5.74) is 1.52. The van der Waals surface area contributed by atoms with E-state index >= 15 is 0 Å². The minimum absolute atomic E-state index is 0.218. The molecule has 1 fully saturated rings. The highest BCUT2D eigenvalue weighted by Gasteiger charge is 2.35. The molecule has 3 aromatic rings. The van der Waals surface area contributed by atoms with Crippen LogP contribution in [0.4, 0.5) is 4.79 Å². The number of carbonyl (C=O) groups is 2. The summed E-state index contributed by atoms with van der Waals surface area (Å²) in [6, 6.07) is 17.4. The second-order valence-electron chi connectivity index (χ2n) is 6.87. The molecular formula is C24H21NO5S. The second-order valence-corrected chi connectivity index (χ2v) is 7.87. The Kier molecular flexibility index (Phi) is 5.86. The molecule has 1 heterocycles. The standard InChI is InChI=1S/C24H21NO5S/c1-28-19-11-10-18(21(29-2)22(19)30-3)13-20-23(26)25(24(27)31-20)14-15-8-9-16-6-4-5-7-17(16)12-15/h4-13H,14H2,1-3H3/b20-13-. The molecule has 0 saturated carbocycles. The molecule has 0 radical (unpaired) electrons. The molecule has 0 N–H and O–H groups in total. The number of benzene rings is 3. The van der Waals surface area contributed by atoms with E-state index in [1.807, 2.05) is 42.5 Å². The van der Waals surface area contributed by atoms with Gasteiger partial charge in [0.25, 0.3) is 11.1 Å². The van der Waals surface area contributed by atoms with Crippen molar-refractivity contribution in [2.24, 2.45) is 0 Å². The Bertz CT molecular complexity index is 1200. The fourth-order valence-corrected chi connectivity index (χ4v) is 4.36. The lowest BCUT2D eigenvalue weighted by atomic mass is 10.1. The molecule has 3 aromatic carbocycles. The number of hydrogen-bond donors (Lipinski definition) is 0. The van der Waals surface area contributed by atoms with Crippen LogP contribution in [0.1, 0.15) is 11.1 Å². The fourth-order valence-electron chi connectivity index (χ4n) is 3.54. The van der Waals surface area contributed by atoms with Crippen molar-refractivity contribution in [1.29, 1.82) is 0 Å². The Labute approximate surface area is 184 Å². The molecule has 1 saturated heterocycles. The van der Waals surface area contributed by atoms with Gasteiger partial charge in [-0.15, -0.1) is 0 Å². The smallest absolute Gasteiger partial charge is 0.293 e. The normalized spacial score (nSPS) is 15.1. The maximum Gasteiger partial charge on any atom is 0.293 e. The van der Waals surface area contributed by atoms with Crippen molar-refractivity contribution in [3.05, 3.63) is 70.6 Å². The Morgan fingerprint density at radius 3 is 2.32 bits per heavy atom. The van der Waals surface area contributed by atoms with E-state index in [1.165, 1.54) is 26.2 Å². The Morgan fingerprint density at radius 2 is 1.61 bits per heavy atom. The highest BCUT2D eigenvalue weighted by Crippen LogP contribution is 2.42. The largest absolute Gasteiger partial charge is 0.493 e. The molecule has 1 aliphatic heterocycles. The summed E-state index contributed by atoms with van der Waals surface area (Å²) >= 11 is 0.913. The molecule has 0 bridgehead atoms. The van der Waals surface area contributed by atoms with Gasteiger partial charge >= 0.3 is 0 Å². The average Bonchev–Trinajstić information content (AvgIpc) is 3.05. The summed E-state index contributed by atoms with van der Waals surface area (Å²) < 4.78 is 16.2. The molecule has 1 aliphatic rings. The monoisotopic (exact) mass is 435 g/mol. The molecule has 31 heavy (non-hydrogen) atoms. The fraction of sp³-hybridized carbons (Fsp3) is 0.167. The van der Waals surface area contributed by atoms with Gasteiger partial charge in [-0.05, 0) is 52.4 Å². The maximum atomic E-state index is 13.0. The molecule has 0 atom stereocenters. The van der Waals surface area contributed by atoms with Gasteiger partial charge in [0.2, 0.25) is 5.75 Å². The number of thioether (sulfide) groups is 1. The Hall–Kier alpha value is -3.45. The first kappa shape index (κ1) is 20.8. The van der Waals surface area contributed by atoms with Crippen LogP contribution in [0.2, 0.25) is 0 Å². The van der Waals surface area contributed by atoms with E-state index in [9.17, 15) is 9.59 Å². The summed E-state index contributed by atoms with van der Waals surface area (Å²) in [6.07, 6.45) is 1.64. The van der Waals surface area contributed by atoms with Crippen molar-refractivity contribution < 1.29 is 23.8 Å². The zero-order valence-corrected chi connectivity index (χ0v) is 18.2. The van der Waals surface area contributed by atoms with Crippen LogP contribution in [0.25, 0.3) is 16.8 Å². The SMILES string of the molecule is COc1ccc(/C=C2\SC(=O)N(Cc3ccc4ccccc4c3)C2=O)c(OC)c1OC. The lowest BCUT2D eigenvalue weighted by Gasteiger charge is -2.14. The van der Waals surface area contributed by atoms with E-state index < -0.39 is 0 Å². The first-order valence-corrected chi connectivity index (χ1v) is 10.4. The highest BCUT2D eigenvalue weighted by atomic mass is 32.2. The second kappa shape index (κ2) is 8.73. The van der Waals surface area contributed by atoms with Crippen molar-refractivity contribution in [2.75, 3.05) is 21.3 Å². The van der Waals surface area contributed by atoms with Crippen molar-refractivity contribution in [2.45, 2.75) is 6.54 Å². The molecule has 0 spiro atoms. The Balaban J connectivity index is 1.63. The minimum atomic E-state index is -0.333. The van der Waals surface area contributed by atoms with Crippen LogP contribution >= 0.6 is 11.8 Å². The molecule has 0 aromatic heterocycles. The van der Waals surface area contributed by atoms with Crippen LogP contribution in [-0.4, -0.2) is 37.4 Å². The third-order valence-electron chi connectivity index (χ3n) is 5.05. The summed E-state index contributed by atoms with van der Waals surface area (Å²) in [5, 5.41) is 1.88. The van der Waals surface area contributed by atoms with Gasteiger partial charge in [-0.2, -0.15) is 0 Å². The quantitative estimate of drug-likeness (QED) is 0.502. The van der Waals surface area contributed by atoms with Crippen LogP contribution < -0.4 is 14.2 Å². The van der Waals surface area contributed by atoms with Gasteiger partial charge in [0, 0.05) is 5.56 Å². The lowest BCUT2D eigenvalue weighted by molar-refractivity contribution is -0.123. The van der Waals surface area contributed by atoms with Crippen molar-refractivity contribution >= 4 is 39.8 Å². The first-order chi connectivity index (χ1) is 15.0. The van der Waals surface area contributed by atoms with Gasteiger partial charge in [-0.1, -0.05) is 36.4 Å². The van der Waals surface area contributed by atoms with Crippen LogP contribution in [0, 0.1) is 0 Å². The third kappa shape index (κ3) is 3.96. The van der Waals surface area contributed by atoms with Gasteiger partial charge in [0.05, 0.1) is 32.8 Å². The van der Waals surface area contributed by atoms with Gasteiger partial charge < -0.3 is 14.2 Å². The molecule has 0 unspecified atom stereocenters. The zero-order valence-electron chi connectivity index (χ0n) is 17.4. The summed E-state index contributed by atoms with van der Waals surface area (Å²) in [6.45, 7) is 0.218. The molecule has 158 valence electrons. The summed E-state index contributed by atoms with van der Waals surface area (Å²) in [4.78, 5) is 27.2. The van der Waals surface area contributed by atoms with Gasteiger partial charge in [-0.3, -0.25) is 14.5 Å². The van der Waals surface area contributed by atoms with Crippen LogP contribution in [0.15, 0.2) is 59.5 Å². The highest BCUT2D eigenvalue weighted by molar-refractivity contribution is 8.18. The maximum absolute atomic E-state index is 13.0. The number of ether oxygens (including phenoxy) is 3. The number of imide groups is 1. The van der Waals surface area contributed by atoms with Crippen LogP contribution in [0.5, 0.6) is 17.2 Å². The predicted molar refractivity (Wildman–Crippen MR) is 122 cm³/mol. The number of hydrogen-bond acceptors (Lipinski definition) is 6. The van der Waals surface area contributed by atoms with E-state index in [1.54, 1.807) is 18.2 Å². The van der Waals surface area contributed by atoms with Gasteiger partial charge in [0.1, 0.15) is 0 Å². The van der Waals surface area contributed by atoms with Crippen molar-refractivity contribution in [1.82, 2.24) is 4.90 Å².